The van der Waals surface area contributed by atoms with Crippen molar-refractivity contribution in [3.05, 3.63) is 58.6 Å². The van der Waals surface area contributed by atoms with Gasteiger partial charge in [0.15, 0.2) is 10.2 Å². The quantitative estimate of drug-likeness (QED) is 0.450. The Balaban J connectivity index is 1.78. The SMILES string of the molecule is CCc1ccc(NC(=S)NNC(=S)Nc2cccc(Br)c2)cc1. The zero-order valence-corrected chi connectivity index (χ0v) is 15.7. The van der Waals surface area contributed by atoms with Crippen molar-refractivity contribution in [2.45, 2.75) is 13.3 Å². The van der Waals surface area contributed by atoms with Crippen LogP contribution in [0.5, 0.6) is 0 Å². The number of halogens is 1. The summed E-state index contributed by atoms with van der Waals surface area (Å²) in [7, 11) is 0. The molecule has 0 saturated carbocycles. The molecule has 0 amide bonds. The lowest BCUT2D eigenvalue weighted by Crippen LogP contribution is -2.45. The second-order valence-electron chi connectivity index (χ2n) is 4.72. The van der Waals surface area contributed by atoms with E-state index in [9.17, 15) is 0 Å². The zero-order valence-electron chi connectivity index (χ0n) is 12.5. The van der Waals surface area contributed by atoms with E-state index in [1.54, 1.807) is 0 Å². The molecule has 0 atom stereocenters. The Bertz CT molecular complexity index is 689. The van der Waals surface area contributed by atoms with Crippen molar-refractivity contribution < 1.29 is 0 Å². The summed E-state index contributed by atoms with van der Waals surface area (Å²) in [4.78, 5) is 0. The van der Waals surface area contributed by atoms with Crippen LogP contribution in [0.1, 0.15) is 12.5 Å². The first-order valence-corrected chi connectivity index (χ1v) is 8.66. The molecule has 23 heavy (non-hydrogen) atoms. The minimum absolute atomic E-state index is 0.425. The highest BCUT2D eigenvalue weighted by Gasteiger charge is 2.00. The van der Waals surface area contributed by atoms with E-state index in [0.717, 1.165) is 22.3 Å². The first-order chi connectivity index (χ1) is 11.1. The highest BCUT2D eigenvalue weighted by atomic mass is 79.9. The average Bonchev–Trinajstić information content (AvgIpc) is 2.54. The van der Waals surface area contributed by atoms with Crippen molar-refractivity contribution >= 4 is 62.0 Å². The number of hydrazine groups is 1. The van der Waals surface area contributed by atoms with Crippen LogP contribution in [0, 0.1) is 0 Å². The van der Waals surface area contributed by atoms with Crippen molar-refractivity contribution in [2.75, 3.05) is 10.6 Å². The van der Waals surface area contributed by atoms with Gasteiger partial charge in [-0.05, 0) is 66.8 Å². The van der Waals surface area contributed by atoms with Crippen LogP contribution < -0.4 is 21.5 Å². The van der Waals surface area contributed by atoms with Crippen LogP contribution in [0.2, 0.25) is 0 Å². The maximum atomic E-state index is 5.22. The normalized spacial score (nSPS) is 9.83. The van der Waals surface area contributed by atoms with Crippen LogP contribution in [0.25, 0.3) is 0 Å². The molecule has 0 radical (unpaired) electrons. The third-order valence-electron chi connectivity index (χ3n) is 2.99. The highest BCUT2D eigenvalue weighted by Crippen LogP contribution is 2.15. The second-order valence-corrected chi connectivity index (χ2v) is 6.45. The first kappa shape index (κ1) is 17.7. The van der Waals surface area contributed by atoms with Gasteiger partial charge in [-0.15, -0.1) is 0 Å². The lowest BCUT2D eigenvalue weighted by atomic mass is 10.1. The molecule has 0 aromatic heterocycles. The minimum atomic E-state index is 0.425. The van der Waals surface area contributed by atoms with E-state index in [1.807, 2.05) is 36.4 Å². The van der Waals surface area contributed by atoms with Crippen LogP contribution in [-0.4, -0.2) is 10.2 Å². The molecule has 120 valence electrons. The van der Waals surface area contributed by atoms with E-state index in [0.29, 0.717) is 10.2 Å². The van der Waals surface area contributed by atoms with E-state index in [-0.39, 0.29) is 0 Å². The van der Waals surface area contributed by atoms with Gasteiger partial charge >= 0.3 is 0 Å². The van der Waals surface area contributed by atoms with Gasteiger partial charge in [-0.3, -0.25) is 10.9 Å². The number of aryl methyl sites for hydroxylation is 1. The van der Waals surface area contributed by atoms with Crippen molar-refractivity contribution in [1.82, 2.24) is 10.9 Å². The summed E-state index contributed by atoms with van der Waals surface area (Å²) < 4.78 is 0.978. The molecule has 2 rings (SSSR count). The number of benzene rings is 2. The lowest BCUT2D eigenvalue weighted by molar-refractivity contribution is 0.885. The molecular weight excluding hydrogens is 392 g/mol. The standard InChI is InChI=1S/C16H17BrN4S2/c1-2-11-6-8-13(9-7-11)18-15(22)20-21-16(23)19-14-5-3-4-12(17)10-14/h3-10H,2H2,1H3,(H2,18,20,22)(H2,19,21,23). The molecule has 0 aliphatic carbocycles. The number of rotatable bonds is 3. The number of hydrogen-bond acceptors (Lipinski definition) is 2. The fraction of sp³-hybridized carbons (Fsp3) is 0.125. The molecule has 4 nitrogen and oxygen atoms in total. The molecular formula is C16H17BrN4S2. The summed E-state index contributed by atoms with van der Waals surface area (Å²) in [6.45, 7) is 2.12. The van der Waals surface area contributed by atoms with E-state index in [2.05, 4.69) is 56.5 Å². The van der Waals surface area contributed by atoms with Crippen molar-refractivity contribution in [3.8, 4) is 0 Å². The largest absolute Gasteiger partial charge is 0.331 e. The monoisotopic (exact) mass is 408 g/mol. The molecule has 0 unspecified atom stereocenters. The summed E-state index contributed by atoms with van der Waals surface area (Å²) in [5, 5.41) is 7.00. The predicted molar refractivity (Wildman–Crippen MR) is 109 cm³/mol. The van der Waals surface area contributed by atoms with Crippen LogP contribution >= 0.6 is 40.4 Å². The van der Waals surface area contributed by atoms with Crippen LogP contribution in [0.3, 0.4) is 0 Å². The summed E-state index contributed by atoms with van der Waals surface area (Å²) in [5.41, 5.74) is 8.78. The van der Waals surface area contributed by atoms with E-state index in [1.165, 1.54) is 5.56 Å². The van der Waals surface area contributed by atoms with Gasteiger partial charge in [-0.2, -0.15) is 0 Å². The topological polar surface area (TPSA) is 48.1 Å². The molecule has 0 aliphatic heterocycles. The van der Waals surface area contributed by atoms with Gasteiger partial charge in [0.05, 0.1) is 0 Å². The zero-order chi connectivity index (χ0) is 16.7. The Morgan fingerprint density at radius 1 is 0.913 bits per heavy atom. The number of anilines is 2. The molecule has 4 N–H and O–H groups in total. The molecule has 2 aromatic rings. The molecule has 7 heteroatoms. The van der Waals surface area contributed by atoms with Crippen molar-refractivity contribution in [2.24, 2.45) is 0 Å². The molecule has 2 aromatic carbocycles. The Hall–Kier alpha value is -1.70. The Morgan fingerprint density at radius 3 is 2.09 bits per heavy atom. The van der Waals surface area contributed by atoms with Gasteiger partial charge in [0.2, 0.25) is 0 Å². The lowest BCUT2D eigenvalue weighted by Gasteiger charge is -2.14. The maximum absolute atomic E-state index is 5.22. The smallest absolute Gasteiger partial charge is 0.189 e. The third-order valence-corrected chi connectivity index (χ3v) is 3.89. The van der Waals surface area contributed by atoms with Gasteiger partial charge in [-0.1, -0.05) is 41.1 Å². The Morgan fingerprint density at radius 2 is 1.52 bits per heavy atom. The number of hydrogen-bond donors (Lipinski definition) is 4. The third kappa shape index (κ3) is 6.13. The average molecular weight is 409 g/mol. The van der Waals surface area contributed by atoms with Gasteiger partial charge in [-0.25, -0.2) is 0 Å². The Labute approximate surface area is 155 Å². The minimum Gasteiger partial charge on any atom is -0.331 e. The highest BCUT2D eigenvalue weighted by molar-refractivity contribution is 9.10. The summed E-state index contributed by atoms with van der Waals surface area (Å²) in [6.07, 6.45) is 1.01. The van der Waals surface area contributed by atoms with Gasteiger partial charge in [0, 0.05) is 15.8 Å². The van der Waals surface area contributed by atoms with Crippen molar-refractivity contribution in [1.29, 1.82) is 0 Å². The molecule has 0 heterocycles. The summed E-state index contributed by atoms with van der Waals surface area (Å²) >= 11 is 13.8. The van der Waals surface area contributed by atoms with Gasteiger partial charge in [0.1, 0.15) is 0 Å². The molecule has 0 spiro atoms. The molecule has 0 bridgehead atoms. The Kier molecular flexibility index (Phi) is 6.76. The van der Waals surface area contributed by atoms with Gasteiger partial charge < -0.3 is 10.6 Å². The van der Waals surface area contributed by atoms with Crippen LogP contribution in [0.15, 0.2) is 53.0 Å². The first-order valence-electron chi connectivity index (χ1n) is 7.05. The van der Waals surface area contributed by atoms with Gasteiger partial charge in [0.25, 0.3) is 0 Å². The molecule has 0 aliphatic rings. The van der Waals surface area contributed by atoms with Crippen molar-refractivity contribution in [3.63, 3.8) is 0 Å². The van der Waals surface area contributed by atoms with E-state index < -0.39 is 0 Å². The number of thiocarbonyl (C=S) groups is 2. The van der Waals surface area contributed by atoms with Crippen LogP contribution in [-0.2, 0) is 6.42 Å². The second kappa shape index (κ2) is 8.81. The van der Waals surface area contributed by atoms with E-state index >= 15 is 0 Å². The fourth-order valence-corrected chi connectivity index (χ4v) is 2.57. The van der Waals surface area contributed by atoms with E-state index in [4.69, 9.17) is 24.4 Å². The maximum Gasteiger partial charge on any atom is 0.189 e. The van der Waals surface area contributed by atoms with Crippen LogP contribution in [0.4, 0.5) is 11.4 Å². The molecule has 0 saturated heterocycles. The number of nitrogens with one attached hydrogen (secondary N) is 4. The summed E-state index contributed by atoms with van der Waals surface area (Å²) in [5.74, 6) is 0. The molecule has 0 fully saturated rings. The predicted octanol–water partition coefficient (Wildman–Crippen LogP) is 4.20. The summed E-state index contributed by atoms with van der Waals surface area (Å²) in [6, 6.07) is 15.8. The fourth-order valence-electron chi connectivity index (χ4n) is 1.83.